The molecule has 0 amide bonds. The van der Waals surface area contributed by atoms with Crippen molar-refractivity contribution < 1.29 is 24.1 Å². The van der Waals surface area contributed by atoms with Crippen molar-refractivity contribution in [2.24, 2.45) is 0 Å². The zero-order valence-corrected chi connectivity index (χ0v) is 15.9. The van der Waals surface area contributed by atoms with Crippen LogP contribution < -0.4 is 18.9 Å². The molecular formula is C19H20N2O5S. The van der Waals surface area contributed by atoms with Crippen molar-refractivity contribution in [3.63, 3.8) is 0 Å². The Labute approximate surface area is 160 Å². The minimum atomic E-state index is 0.00908. The van der Waals surface area contributed by atoms with E-state index in [1.807, 2.05) is 28.1 Å². The molecule has 0 spiro atoms. The van der Waals surface area contributed by atoms with Gasteiger partial charge < -0.3 is 28.6 Å². The number of ether oxygens (including phenoxy) is 4. The molecule has 0 saturated heterocycles. The van der Waals surface area contributed by atoms with Crippen molar-refractivity contribution >= 4 is 11.3 Å². The normalized spacial score (nSPS) is 12.9. The molecule has 0 atom stereocenters. The Morgan fingerprint density at radius 3 is 2.59 bits per heavy atom. The molecular weight excluding hydrogens is 368 g/mol. The predicted octanol–water partition coefficient (Wildman–Crippen LogP) is 3.06. The van der Waals surface area contributed by atoms with Crippen molar-refractivity contribution in [2.75, 3.05) is 34.0 Å². The van der Waals surface area contributed by atoms with Crippen LogP contribution in [0.4, 0.5) is 0 Å². The van der Waals surface area contributed by atoms with E-state index in [9.17, 15) is 5.11 Å². The van der Waals surface area contributed by atoms with E-state index in [2.05, 4.69) is 4.98 Å². The summed E-state index contributed by atoms with van der Waals surface area (Å²) in [5.41, 5.74) is 2.49. The van der Waals surface area contributed by atoms with Crippen LogP contribution in [0, 0.1) is 0 Å². The van der Waals surface area contributed by atoms with Crippen molar-refractivity contribution in [2.45, 2.75) is 6.54 Å². The average molecular weight is 388 g/mol. The van der Waals surface area contributed by atoms with E-state index < -0.39 is 0 Å². The van der Waals surface area contributed by atoms with Crippen LogP contribution in [0.25, 0.3) is 21.8 Å². The van der Waals surface area contributed by atoms with Crippen LogP contribution >= 0.6 is 11.3 Å². The fourth-order valence-corrected chi connectivity index (χ4v) is 4.07. The summed E-state index contributed by atoms with van der Waals surface area (Å²) in [7, 11) is 3.23. The van der Waals surface area contributed by atoms with Gasteiger partial charge >= 0.3 is 0 Å². The lowest BCUT2D eigenvalue weighted by atomic mass is 10.1. The highest BCUT2D eigenvalue weighted by molar-refractivity contribution is 7.14. The number of hydrogen-bond acceptors (Lipinski definition) is 7. The minimum absolute atomic E-state index is 0.00908. The number of thiophene rings is 1. The Hall–Kier alpha value is -2.71. The Morgan fingerprint density at radius 2 is 1.89 bits per heavy atom. The van der Waals surface area contributed by atoms with E-state index in [1.165, 1.54) is 11.3 Å². The summed E-state index contributed by atoms with van der Waals surface area (Å²) in [4.78, 5) is 5.54. The van der Waals surface area contributed by atoms with Crippen molar-refractivity contribution in [3.8, 4) is 44.8 Å². The summed E-state index contributed by atoms with van der Waals surface area (Å²) in [6, 6.07) is 5.64. The molecule has 0 unspecified atom stereocenters. The van der Waals surface area contributed by atoms with Crippen LogP contribution in [0.5, 0.6) is 23.0 Å². The lowest BCUT2D eigenvalue weighted by molar-refractivity contribution is 0.174. The van der Waals surface area contributed by atoms with Crippen LogP contribution in [0.3, 0.4) is 0 Å². The first-order valence-corrected chi connectivity index (χ1v) is 9.40. The lowest BCUT2D eigenvalue weighted by Crippen LogP contribution is -2.14. The fourth-order valence-electron chi connectivity index (χ4n) is 3.08. The van der Waals surface area contributed by atoms with Crippen molar-refractivity contribution in [1.29, 1.82) is 0 Å². The molecule has 2 aromatic heterocycles. The van der Waals surface area contributed by atoms with Crippen LogP contribution in [-0.4, -0.2) is 48.7 Å². The maximum absolute atomic E-state index is 9.48. The third-order valence-corrected chi connectivity index (χ3v) is 5.27. The number of benzene rings is 1. The minimum Gasteiger partial charge on any atom is -0.497 e. The SMILES string of the molecule is COc1cc(OC)cc(-c2ncn(CCO)c2-c2scc3c2OCCO3)c1. The molecule has 7 nitrogen and oxygen atoms in total. The smallest absolute Gasteiger partial charge is 0.181 e. The maximum Gasteiger partial charge on any atom is 0.181 e. The van der Waals surface area contributed by atoms with Gasteiger partial charge in [-0.1, -0.05) is 0 Å². The zero-order chi connectivity index (χ0) is 18.8. The van der Waals surface area contributed by atoms with Gasteiger partial charge in [0.25, 0.3) is 0 Å². The first kappa shape index (κ1) is 17.7. The molecule has 1 aliphatic heterocycles. The van der Waals surface area contributed by atoms with Gasteiger partial charge in [0.05, 0.1) is 43.4 Å². The summed E-state index contributed by atoms with van der Waals surface area (Å²) in [6.45, 7) is 1.48. The molecule has 3 aromatic rings. The number of fused-ring (bicyclic) bond motifs is 1. The second-order valence-corrected chi connectivity index (χ2v) is 6.79. The highest BCUT2D eigenvalue weighted by Gasteiger charge is 2.26. The van der Waals surface area contributed by atoms with E-state index in [4.69, 9.17) is 18.9 Å². The molecule has 0 radical (unpaired) electrons. The van der Waals surface area contributed by atoms with Gasteiger partial charge in [-0.05, 0) is 12.1 Å². The first-order valence-electron chi connectivity index (χ1n) is 8.52. The molecule has 3 heterocycles. The highest BCUT2D eigenvalue weighted by Crippen LogP contribution is 2.48. The second kappa shape index (κ2) is 7.50. The average Bonchev–Trinajstić information content (AvgIpc) is 3.31. The van der Waals surface area contributed by atoms with E-state index in [0.29, 0.717) is 31.3 Å². The summed E-state index contributed by atoms with van der Waals surface area (Å²) < 4.78 is 24.3. The molecule has 1 aliphatic rings. The second-order valence-electron chi connectivity index (χ2n) is 5.92. The third-order valence-electron chi connectivity index (χ3n) is 4.32. The fraction of sp³-hybridized carbons (Fsp3) is 0.316. The molecule has 8 heteroatoms. The Bertz CT molecular complexity index is 927. The predicted molar refractivity (Wildman–Crippen MR) is 102 cm³/mol. The number of aliphatic hydroxyl groups excluding tert-OH is 1. The summed E-state index contributed by atoms with van der Waals surface area (Å²) in [5, 5.41) is 11.4. The van der Waals surface area contributed by atoms with Crippen molar-refractivity contribution in [3.05, 3.63) is 29.9 Å². The Balaban J connectivity index is 1.90. The number of nitrogens with zero attached hydrogens (tertiary/aromatic N) is 2. The number of rotatable bonds is 6. The summed E-state index contributed by atoms with van der Waals surface area (Å²) in [5.74, 6) is 2.83. The highest BCUT2D eigenvalue weighted by atomic mass is 32.1. The number of methoxy groups -OCH3 is 2. The number of aliphatic hydroxyl groups is 1. The molecule has 1 aromatic carbocycles. The molecule has 1 N–H and O–H groups in total. The van der Waals surface area contributed by atoms with Gasteiger partial charge in [-0.15, -0.1) is 11.3 Å². The third kappa shape index (κ3) is 3.22. The molecule has 0 aliphatic carbocycles. The standard InChI is InChI=1S/C19H20N2O5S/c1-23-13-7-12(8-14(9-13)24-2)16-17(21(3-4-22)11-20-16)19-18-15(10-27-19)25-5-6-26-18/h7-11,22H,3-6H2,1-2H3. The van der Waals surface area contributed by atoms with Gasteiger partial charge in [0.2, 0.25) is 0 Å². The van der Waals surface area contributed by atoms with E-state index in [-0.39, 0.29) is 6.61 Å². The van der Waals surface area contributed by atoms with Gasteiger partial charge in [-0.3, -0.25) is 0 Å². The van der Waals surface area contributed by atoms with Gasteiger partial charge in [-0.25, -0.2) is 4.98 Å². The van der Waals surface area contributed by atoms with Crippen molar-refractivity contribution in [1.82, 2.24) is 9.55 Å². The molecule has 0 bridgehead atoms. The van der Waals surface area contributed by atoms with Crippen LogP contribution in [0.1, 0.15) is 0 Å². The van der Waals surface area contributed by atoms with E-state index in [1.54, 1.807) is 20.5 Å². The lowest BCUT2D eigenvalue weighted by Gasteiger charge is -2.17. The molecule has 27 heavy (non-hydrogen) atoms. The van der Waals surface area contributed by atoms with E-state index >= 15 is 0 Å². The quantitative estimate of drug-likeness (QED) is 0.700. The first-order chi connectivity index (χ1) is 13.2. The maximum atomic E-state index is 9.48. The Kier molecular flexibility index (Phi) is 4.91. The van der Waals surface area contributed by atoms with Crippen LogP contribution in [0.2, 0.25) is 0 Å². The van der Waals surface area contributed by atoms with Gasteiger partial charge in [-0.2, -0.15) is 0 Å². The van der Waals surface area contributed by atoms with Gasteiger partial charge in [0, 0.05) is 23.6 Å². The van der Waals surface area contributed by atoms with Gasteiger partial charge in [0.1, 0.15) is 24.7 Å². The van der Waals surface area contributed by atoms with E-state index in [0.717, 1.165) is 33.3 Å². The molecule has 142 valence electrons. The number of hydrogen-bond donors (Lipinski definition) is 1. The Morgan fingerprint density at radius 1 is 1.15 bits per heavy atom. The monoisotopic (exact) mass is 388 g/mol. The molecule has 0 fully saturated rings. The largest absolute Gasteiger partial charge is 0.497 e. The number of imidazole rings is 1. The number of aromatic nitrogens is 2. The zero-order valence-electron chi connectivity index (χ0n) is 15.1. The van der Waals surface area contributed by atoms with Crippen LogP contribution in [-0.2, 0) is 6.54 Å². The van der Waals surface area contributed by atoms with Gasteiger partial charge in [0.15, 0.2) is 11.5 Å². The van der Waals surface area contributed by atoms with Crippen LogP contribution in [0.15, 0.2) is 29.9 Å². The molecule has 4 rings (SSSR count). The topological polar surface area (TPSA) is 75.0 Å². The summed E-state index contributed by atoms with van der Waals surface area (Å²) in [6.07, 6.45) is 1.72. The summed E-state index contributed by atoms with van der Waals surface area (Å²) >= 11 is 1.54. The molecule has 0 saturated carbocycles.